The fourth-order valence-corrected chi connectivity index (χ4v) is 1.70. The Balaban J connectivity index is 3.32. The Kier molecular flexibility index (Phi) is 10.1. The molecule has 1 amide bonds. The van der Waals surface area contributed by atoms with Gasteiger partial charge in [-0.2, -0.15) is 11.8 Å². The number of thioether (sulfide) groups is 1. The predicted molar refractivity (Wildman–Crippen MR) is 65.3 cm³/mol. The van der Waals surface area contributed by atoms with Crippen LogP contribution in [0.15, 0.2) is 0 Å². The topological polar surface area (TPSA) is 50.4 Å². The van der Waals surface area contributed by atoms with Gasteiger partial charge >= 0.3 is 0 Å². The zero-order valence-electron chi connectivity index (χ0n) is 9.84. The van der Waals surface area contributed by atoms with Gasteiger partial charge in [-0.1, -0.05) is 0 Å². The minimum atomic E-state index is 0.0547. The number of nitrogens with one attached hydrogen (secondary N) is 2. The molecule has 0 aliphatic rings. The number of ether oxygens (including phenoxy) is 1. The second kappa shape index (κ2) is 10.3. The number of hydrogen-bond donors (Lipinski definition) is 2. The molecule has 15 heavy (non-hydrogen) atoms. The maximum atomic E-state index is 11.3. The molecule has 0 aromatic heterocycles. The van der Waals surface area contributed by atoms with Crippen LogP contribution < -0.4 is 10.6 Å². The van der Waals surface area contributed by atoms with E-state index in [9.17, 15) is 4.79 Å². The summed E-state index contributed by atoms with van der Waals surface area (Å²) in [5, 5.41) is 5.99. The molecular formula is C10H22N2O2S. The molecule has 0 fully saturated rings. The number of rotatable bonds is 9. The average Bonchev–Trinajstić information content (AvgIpc) is 2.22. The monoisotopic (exact) mass is 234 g/mol. The molecule has 0 aliphatic heterocycles. The summed E-state index contributed by atoms with van der Waals surface area (Å²) in [6.07, 6.45) is 2.92. The number of hydrogen-bond acceptors (Lipinski definition) is 4. The van der Waals surface area contributed by atoms with E-state index >= 15 is 0 Å². The van der Waals surface area contributed by atoms with Crippen LogP contribution in [0.25, 0.3) is 0 Å². The highest BCUT2D eigenvalue weighted by molar-refractivity contribution is 7.98. The van der Waals surface area contributed by atoms with Crippen molar-refractivity contribution in [2.75, 3.05) is 38.8 Å². The van der Waals surface area contributed by atoms with Crippen LogP contribution in [0.5, 0.6) is 0 Å². The molecule has 0 aliphatic carbocycles. The molecule has 1 atom stereocenters. The predicted octanol–water partition coefficient (Wildman–Crippen LogP) is 0.480. The molecule has 0 bridgehead atoms. The summed E-state index contributed by atoms with van der Waals surface area (Å²) >= 11 is 1.78. The van der Waals surface area contributed by atoms with E-state index in [1.165, 1.54) is 0 Å². The Labute approximate surface area is 96.5 Å². The van der Waals surface area contributed by atoms with Crippen LogP contribution in [0, 0.1) is 0 Å². The van der Waals surface area contributed by atoms with E-state index in [0.717, 1.165) is 12.2 Å². The van der Waals surface area contributed by atoms with E-state index in [-0.39, 0.29) is 5.91 Å². The van der Waals surface area contributed by atoms with Crippen LogP contribution in [-0.2, 0) is 9.53 Å². The van der Waals surface area contributed by atoms with Crippen molar-refractivity contribution in [2.24, 2.45) is 0 Å². The second-order valence-electron chi connectivity index (χ2n) is 3.43. The van der Waals surface area contributed by atoms with Crippen molar-refractivity contribution in [1.82, 2.24) is 10.6 Å². The van der Waals surface area contributed by atoms with Crippen LogP contribution in [0.4, 0.5) is 0 Å². The number of carbonyl (C=O) groups is 1. The van der Waals surface area contributed by atoms with Gasteiger partial charge in [0, 0.05) is 32.1 Å². The van der Waals surface area contributed by atoms with Gasteiger partial charge in [0.25, 0.3) is 0 Å². The third-order valence-corrected chi connectivity index (χ3v) is 2.71. The number of carbonyl (C=O) groups excluding carboxylic acids is 1. The van der Waals surface area contributed by atoms with Gasteiger partial charge in [0.05, 0.1) is 6.54 Å². The van der Waals surface area contributed by atoms with Crippen LogP contribution in [0.2, 0.25) is 0 Å². The number of amides is 1. The minimum Gasteiger partial charge on any atom is -0.385 e. The Morgan fingerprint density at radius 2 is 2.27 bits per heavy atom. The molecule has 0 saturated carbocycles. The van der Waals surface area contributed by atoms with Crippen LogP contribution in [0.1, 0.15) is 13.3 Å². The summed E-state index contributed by atoms with van der Waals surface area (Å²) in [7, 11) is 1.66. The first-order valence-corrected chi connectivity index (χ1v) is 6.58. The van der Waals surface area contributed by atoms with E-state index in [4.69, 9.17) is 4.74 Å². The average molecular weight is 234 g/mol. The number of methoxy groups -OCH3 is 1. The molecule has 0 aromatic carbocycles. The molecule has 0 spiro atoms. The second-order valence-corrected chi connectivity index (χ2v) is 4.34. The van der Waals surface area contributed by atoms with E-state index in [0.29, 0.717) is 25.7 Å². The lowest BCUT2D eigenvalue weighted by Gasteiger charge is -2.12. The first kappa shape index (κ1) is 14.7. The molecule has 0 aromatic rings. The van der Waals surface area contributed by atoms with E-state index < -0.39 is 0 Å². The molecule has 90 valence electrons. The summed E-state index contributed by atoms with van der Waals surface area (Å²) in [6.45, 7) is 3.85. The maximum Gasteiger partial charge on any atom is 0.233 e. The van der Waals surface area contributed by atoms with Gasteiger partial charge in [-0.15, -0.1) is 0 Å². The van der Waals surface area contributed by atoms with Crippen molar-refractivity contribution >= 4 is 17.7 Å². The first-order valence-electron chi connectivity index (χ1n) is 5.18. The summed E-state index contributed by atoms with van der Waals surface area (Å²) in [5.41, 5.74) is 0. The smallest absolute Gasteiger partial charge is 0.233 e. The van der Waals surface area contributed by atoms with E-state index in [1.54, 1.807) is 18.9 Å². The van der Waals surface area contributed by atoms with Crippen molar-refractivity contribution in [3.8, 4) is 0 Å². The Bertz CT molecular complexity index is 168. The largest absolute Gasteiger partial charge is 0.385 e. The zero-order valence-corrected chi connectivity index (χ0v) is 10.7. The van der Waals surface area contributed by atoms with E-state index in [1.807, 2.05) is 0 Å². The molecule has 4 nitrogen and oxygen atoms in total. The maximum absolute atomic E-state index is 11.3. The quantitative estimate of drug-likeness (QED) is 0.570. The van der Waals surface area contributed by atoms with Gasteiger partial charge in [0.2, 0.25) is 5.91 Å². The summed E-state index contributed by atoms with van der Waals surface area (Å²) in [5.74, 6) is 1.08. The first-order chi connectivity index (χ1) is 7.20. The van der Waals surface area contributed by atoms with Gasteiger partial charge in [-0.25, -0.2) is 0 Å². The highest BCUT2D eigenvalue weighted by Crippen LogP contribution is 1.94. The zero-order chi connectivity index (χ0) is 11.5. The molecule has 0 rings (SSSR count). The van der Waals surface area contributed by atoms with Gasteiger partial charge < -0.3 is 15.4 Å². The molecule has 0 heterocycles. The molecular weight excluding hydrogens is 212 g/mol. The normalized spacial score (nSPS) is 12.5. The standard InChI is InChI=1S/C10H22N2O2S/c1-9(8-15-3)12-7-10(13)11-5-4-6-14-2/h9,12H,4-8H2,1-3H3,(H,11,13). The Hall–Kier alpha value is -0.260. The SMILES string of the molecule is COCCCNC(=O)CNC(C)CSC. The minimum absolute atomic E-state index is 0.0547. The van der Waals surface area contributed by atoms with Crippen molar-refractivity contribution in [1.29, 1.82) is 0 Å². The van der Waals surface area contributed by atoms with E-state index in [2.05, 4.69) is 23.8 Å². The highest BCUT2D eigenvalue weighted by Gasteiger charge is 2.03. The fourth-order valence-electron chi connectivity index (χ4n) is 1.08. The Morgan fingerprint density at radius 1 is 1.53 bits per heavy atom. The fraction of sp³-hybridized carbons (Fsp3) is 0.900. The van der Waals surface area contributed by atoms with Crippen molar-refractivity contribution in [3.63, 3.8) is 0 Å². The molecule has 5 heteroatoms. The summed E-state index contributed by atoms with van der Waals surface area (Å²) < 4.78 is 4.88. The highest BCUT2D eigenvalue weighted by atomic mass is 32.2. The van der Waals surface area contributed by atoms with Crippen LogP contribution in [-0.4, -0.2) is 50.8 Å². The third kappa shape index (κ3) is 10.0. The summed E-state index contributed by atoms with van der Waals surface area (Å²) in [4.78, 5) is 11.3. The van der Waals surface area contributed by atoms with Crippen LogP contribution >= 0.6 is 11.8 Å². The van der Waals surface area contributed by atoms with Gasteiger partial charge in [-0.3, -0.25) is 4.79 Å². The van der Waals surface area contributed by atoms with Crippen molar-refractivity contribution in [3.05, 3.63) is 0 Å². The molecule has 0 saturated heterocycles. The van der Waals surface area contributed by atoms with Crippen LogP contribution in [0.3, 0.4) is 0 Å². The Morgan fingerprint density at radius 3 is 2.87 bits per heavy atom. The summed E-state index contributed by atoms with van der Waals surface area (Å²) in [6, 6.07) is 0.379. The van der Waals surface area contributed by atoms with Gasteiger partial charge in [-0.05, 0) is 19.6 Å². The molecule has 1 unspecified atom stereocenters. The lowest BCUT2D eigenvalue weighted by Crippen LogP contribution is -2.39. The van der Waals surface area contributed by atoms with Crippen molar-refractivity contribution in [2.45, 2.75) is 19.4 Å². The van der Waals surface area contributed by atoms with Crippen molar-refractivity contribution < 1.29 is 9.53 Å². The lowest BCUT2D eigenvalue weighted by atomic mass is 10.4. The lowest BCUT2D eigenvalue weighted by molar-refractivity contribution is -0.120. The molecule has 0 radical (unpaired) electrons. The molecule has 2 N–H and O–H groups in total. The third-order valence-electron chi connectivity index (χ3n) is 1.88. The van der Waals surface area contributed by atoms with Gasteiger partial charge in [0.15, 0.2) is 0 Å². The van der Waals surface area contributed by atoms with Gasteiger partial charge in [0.1, 0.15) is 0 Å².